The molecule has 0 heterocycles. The summed E-state index contributed by atoms with van der Waals surface area (Å²) in [4.78, 5) is 23.8. The number of rotatable bonds is 6. The first-order valence-electron chi connectivity index (χ1n) is 7.51. The van der Waals surface area contributed by atoms with Crippen molar-refractivity contribution in [2.75, 3.05) is 18.9 Å². The average molecular weight is 391 g/mol. The fourth-order valence-corrected chi connectivity index (χ4v) is 2.49. The topological polar surface area (TPSA) is 81.4 Å². The van der Waals surface area contributed by atoms with Crippen LogP contribution in [-0.2, 0) is 9.53 Å². The third-order valence-electron chi connectivity index (χ3n) is 3.54. The number of nitrogen functional groups attached to an aromatic ring is 1. The first-order chi connectivity index (χ1) is 11.5. The lowest BCUT2D eigenvalue weighted by Gasteiger charge is -2.13. The van der Waals surface area contributed by atoms with Crippen molar-refractivity contribution in [2.45, 2.75) is 12.8 Å². The normalized spacial score (nSPS) is 11.6. The van der Waals surface area contributed by atoms with Gasteiger partial charge in [-0.2, -0.15) is 0 Å². The molecule has 2 aromatic rings. The third-order valence-corrected chi connectivity index (χ3v) is 4.04. The zero-order valence-corrected chi connectivity index (χ0v) is 14.9. The molecule has 0 aliphatic heterocycles. The van der Waals surface area contributed by atoms with Gasteiger partial charge in [0.25, 0.3) is 5.91 Å². The number of halogens is 1. The van der Waals surface area contributed by atoms with E-state index in [1.807, 2.05) is 37.3 Å². The summed E-state index contributed by atoms with van der Waals surface area (Å²) >= 11 is 3.26. The van der Waals surface area contributed by atoms with E-state index in [0.717, 1.165) is 5.56 Å². The molecule has 1 atom stereocenters. The van der Waals surface area contributed by atoms with E-state index in [1.54, 1.807) is 18.2 Å². The molecular formula is C18H19BrN2O3. The fraction of sp³-hybridized carbons (Fsp3) is 0.222. The minimum atomic E-state index is -0.625. The summed E-state index contributed by atoms with van der Waals surface area (Å²) in [6.07, 6.45) is 0. The van der Waals surface area contributed by atoms with Crippen molar-refractivity contribution >= 4 is 33.5 Å². The molecule has 2 rings (SSSR count). The van der Waals surface area contributed by atoms with Gasteiger partial charge < -0.3 is 15.8 Å². The van der Waals surface area contributed by atoms with Crippen molar-refractivity contribution < 1.29 is 14.3 Å². The second-order valence-electron chi connectivity index (χ2n) is 5.42. The number of anilines is 1. The summed E-state index contributed by atoms with van der Waals surface area (Å²) in [7, 11) is 0. The Labute approximate surface area is 149 Å². The first-order valence-corrected chi connectivity index (χ1v) is 8.30. The fourth-order valence-electron chi connectivity index (χ4n) is 2.13. The number of ether oxygens (including phenoxy) is 1. The average Bonchev–Trinajstić information content (AvgIpc) is 2.60. The maximum Gasteiger partial charge on any atom is 0.340 e. The molecule has 0 bridgehead atoms. The number of carbonyl (C=O) groups excluding carboxylic acids is 2. The summed E-state index contributed by atoms with van der Waals surface area (Å²) in [6.45, 7) is 2.15. The number of amides is 1. The van der Waals surface area contributed by atoms with E-state index in [2.05, 4.69) is 21.2 Å². The standard InChI is InChI=1S/C18H19BrN2O3/c1-12(13-5-3-2-4-6-13)10-21-17(22)11-24-18(23)15-9-14(19)7-8-16(15)20/h2-9,12H,10-11,20H2,1H3,(H,21,22)/t12-/m1/s1. The van der Waals surface area contributed by atoms with Gasteiger partial charge in [0.15, 0.2) is 6.61 Å². The Balaban J connectivity index is 1.81. The molecule has 24 heavy (non-hydrogen) atoms. The van der Waals surface area contributed by atoms with Crippen molar-refractivity contribution in [3.8, 4) is 0 Å². The number of carbonyl (C=O) groups is 2. The van der Waals surface area contributed by atoms with Crippen molar-refractivity contribution in [3.05, 3.63) is 64.1 Å². The Kier molecular flexibility index (Phi) is 6.37. The van der Waals surface area contributed by atoms with Crippen molar-refractivity contribution in [1.82, 2.24) is 5.32 Å². The van der Waals surface area contributed by atoms with Gasteiger partial charge in [0.1, 0.15) is 0 Å². The summed E-state index contributed by atoms with van der Waals surface area (Å²) in [5.41, 5.74) is 7.41. The maximum atomic E-state index is 12.0. The van der Waals surface area contributed by atoms with Gasteiger partial charge in [0, 0.05) is 16.7 Å². The van der Waals surface area contributed by atoms with Crippen molar-refractivity contribution in [1.29, 1.82) is 0 Å². The van der Waals surface area contributed by atoms with Crippen LogP contribution in [-0.4, -0.2) is 25.0 Å². The van der Waals surface area contributed by atoms with E-state index < -0.39 is 5.97 Å². The van der Waals surface area contributed by atoms with Crippen LogP contribution in [0.15, 0.2) is 53.0 Å². The SMILES string of the molecule is C[C@H](CNC(=O)COC(=O)c1cc(Br)ccc1N)c1ccccc1. The quantitative estimate of drug-likeness (QED) is 0.586. The first kappa shape index (κ1) is 18.0. The van der Waals surface area contributed by atoms with E-state index in [1.165, 1.54) is 0 Å². The van der Waals surface area contributed by atoms with Gasteiger partial charge in [-0.1, -0.05) is 53.2 Å². The summed E-state index contributed by atoms with van der Waals surface area (Å²) in [5, 5.41) is 2.76. The Bertz CT molecular complexity index is 719. The molecule has 0 aromatic heterocycles. The Morgan fingerprint density at radius 3 is 2.62 bits per heavy atom. The number of hydrogen-bond donors (Lipinski definition) is 2. The van der Waals surface area contributed by atoms with Gasteiger partial charge in [-0.15, -0.1) is 0 Å². The highest BCUT2D eigenvalue weighted by molar-refractivity contribution is 9.10. The van der Waals surface area contributed by atoms with Crippen LogP contribution in [0.3, 0.4) is 0 Å². The van der Waals surface area contributed by atoms with Gasteiger partial charge in [0.05, 0.1) is 5.56 Å². The number of esters is 1. The molecule has 0 saturated heterocycles. The maximum absolute atomic E-state index is 12.0. The minimum Gasteiger partial charge on any atom is -0.452 e. The van der Waals surface area contributed by atoms with E-state index in [0.29, 0.717) is 16.7 Å². The van der Waals surface area contributed by atoms with Crippen LogP contribution in [0.2, 0.25) is 0 Å². The van der Waals surface area contributed by atoms with Crippen LogP contribution in [0.4, 0.5) is 5.69 Å². The second-order valence-corrected chi connectivity index (χ2v) is 6.34. The lowest BCUT2D eigenvalue weighted by molar-refractivity contribution is -0.124. The molecule has 0 aliphatic rings. The molecule has 0 spiro atoms. The molecule has 0 unspecified atom stereocenters. The predicted octanol–water partition coefficient (Wildman–Crippen LogP) is 3.11. The monoisotopic (exact) mass is 390 g/mol. The Morgan fingerprint density at radius 2 is 1.92 bits per heavy atom. The van der Waals surface area contributed by atoms with Crippen molar-refractivity contribution in [2.24, 2.45) is 0 Å². The van der Waals surface area contributed by atoms with E-state index in [9.17, 15) is 9.59 Å². The number of hydrogen-bond acceptors (Lipinski definition) is 4. The number of nitrogens with two attached hydrogens (primary N) is 1. The largest absolute Gasteiger partial charge is 0.452 e. The zero-order chi connectivity index (χ0) is 17.5. The molecule has 0 saturated carbocycles. The molecule has 0 aliphatic carbocycles. The molecule has 6 heteroatoms. The van der Waals surface area contributed by atoms with Gasteiger partial charge in [-0.05, 0) is 29.7 Å². The van der Waals surface area contributed by atoms with E-state index in [4.69, 9.17) is 10.5 Å². The summed E-state index contributed by atoms with van der Waals surface area (Å²) < 4.78 is 5.72. The highest BCUT2D eigenvalue weighted by atomic mass is 79.9. The Morgan fingerprint density at radius 1 is 1.21 bits per heavy atom. The molecule has 1 amide bonds. The van der Waals surface area contributed by atoms with Gasteiger partial charge in [-0.3, -0.25) is 4.79 Å². The van der Waals surface area contributed by atoms with Crippen LogP contribution in [0.25, 0.3) is 0 Å². The molecule has 126 valence electrons. The molecule has 3 N–H and O–H groups in total. The van der Waals surface area contributed by atoms with Crippen LogP contribution in [0.1, 0.15) is 28.8 Å². The highest BCUT2D eigenvalue weighted by Crippen LogP contribution is 2.19. The van der Waals surface area contributed by atoms with Crippen LogP contribution >= 0.6 is 15.9 Å². The van der Waals surface area contributed by atoms with Crippen molar-refractivity contribution in [3.63, 3.8) is 0 Å². The van der Waals surface area contributed by atoms with E-state index in [-0.39, 0.29) is 24.0 Å². The second kappa shape index (κ2) is 8.49. The van der Waals surface area contributed by atoms with Crippen LogP contribution < -0.4 is 11.1 Å². The Hall–Kier alpha value is -2.34. The lowest BCUT2D eigenvalue weighted by Crippen LogP contribution is -2.31. The number of benzene rings is 2. The molecule has 5 nitrogen and oxygen atoms in total. The summed E-state index contributed by atoms with van der Waals surface area (Å²) in [5.74, 6) is -0.800. The summed E-state index contributed by atoms with van der Waals surface area (Å²) in [6, 6.07) is 14.8. The molecule has 2 aromatic carbocycles. The van der Waals surface area contributed by atoms with E-state index >= 15 is 0 Å². The van der Waals surface area contributed by atoms with Crippen LogP contribution in [0.5, 0.6) is 0 Å². The zero-order valence-electron chi connectivity index (χ0n) is 13.3. The number of nitrogens with one attached hydrogen (secondary N) is 1. The molecular weight excluding hydrogens is 372 g/mol. The van der Waals surface area contributed by atoms with Gasteiger partial charge in [-0.25, -0.2) is 4.79 Å². The highest BCUT2D eigenvalue weighted by Gasteiger charge is 2.14. The van der Waals surface area contributed by atoms with Gasteiger partial charge in [0.2, 0.25) is 0 Å². The van der Waals surface area contributed by atoms with Crippen LogP contribution in [0, 0.1) is 0 Å². The molecule has 0 fully saturated rings. The molecule has 0 radical (unpaired) electrons. The minimum absolute atomic E-state index is 0.173. The lowest BCUT2D eigenvalue weighted by atomic mass is 10.0. The van der Waals surface area contributed by atoms with Gasteiger partial charge >= 0.3 is 5.97 Å². The third kappa shape index (κ3) is 5.09. The predicted molar refractivity (Wildman–Crippen MR) is 96.7 cm³/mol. The smallest absolute Gasteiger partial charge is 0.340 e.